The molecule has 1 amide bonds. The maximum atomic E-state index is 11.9. The van der Waals surface area contributed by atoms with E-state index in [-0.39, 0.29) is 5.91 Å². The Balaban J connectivity index is 1.87. The molecule has 2 rings (SSSR count). The van der Waals surface area contributed by atoms with E-state index in [4.69, 9.17) is 0 Å². The molecule has 0 aromatic carbocycles. The number of amides is 1. The predicted molar refractivity (Wildman–Crippen MR) is 78.0 cm³/mol. The Labute approximate surface area is 116 Å². The lowest BCUT2D eigenvalue weighted by molar-refractivity contribution is -0.122. The van der Waals surface area contributed by atoms with Gasteiger partial charge in [-0.3, -0.25) is 9.69 Å². The van der Waals surface area contributed by atoms with Gasteiger partial charge < -0.3 is 10.6 Å². The zero-order valence-electron chi connectivity index (χ0n) is 12.0. The molecule has 0 radical (unpaired) electrons. The van der Waals surface area contributed by atoms with Crippen LogP contribution in [-0.4, -0.2) is 48.6 Å². The molecule has 0 aromatic rings. The number of carbonyl (C=O) groups is 1. The smallest absolute Gasteiger partial charge is 0.234 e. The summed E-state index contributed by atoms with van der Waals surface area (Å²) in [5.74, 6) is 0.124. The Morgan fingerprint density at radius 1 is 1.42 bits per heavy atom. The summed E-state index contributed by atoms with van der Waals surface area (Å²) in [5.41, 5.74) is 0. The first-order chi connectivity index (χ1) is 9.22. The van der Waals surface area contributed by atoms with Crippen LogP contribution >= 0.6 is 0 Å². The first-order valence-electron chi connectivity index (χ1n) is 7.60. The summed E-state index contributed by atoms with van der Waals surface area (Å²) < 4.78 is 0. The van der Waals surface area contributed by atoms with Gasteiger partial charge in [0.15, 0.2) is 0 Å². The predicted octanol–water partition coefficient (Wildman–Crippen LogP) is 1.28. The van der Waals surface area contributed by atoms with Crippen molar-refractivity contribution in [2.45, 2.75) is 57.2 Å². The number of piperidine rings is 1. The summed E-state index contributed by atoms with van der Waals surface area (Å²) in [5, 5.41) is 6.55. The number of carbonyl (C=O) groups excluding carboxylic acids is 1. The van der Waals surface area contributed by atoms with Crippen molar-refractivity contribution in [2.75, 3.05) is 19.6 Å². The van der Waals surface area contributed by atoms with Gasteiger partial charge in [0.05, 0.1) is 6.54 Å². The highest BCUT2D eigenvalue weighted by atomic mass is 16.2. The van der Waals surface area contributed by atoms with Gasteiger partial charge in [-0.1, -0.05) is 13.0 Å². The summed E-state index contributed by atoms with van der Waals surface area (Å²) in [4.78, 5) is 14.3. The van der Waals surface area contributed by atoms with Gasteiger partial charge in [0.25, 0.3) is 0 Å². The highest BCUT2D eigenvalue weighted by Gasteiger charge is 2.36. The highest BCUT2D eigenvalue weighted by molar-refractivity contribution is 5.78. The minimum Gasteiger partial charge on any atom is -0.352 e. The van der Waals surface area contributed by atoms with Crippen molar-refractivity contribution >= 4 is 5.91 Å². The number of nitrogens with one attached hydrogen (secondary N) is 2. The highest BCUT2D eigenvalue weighted by Crippen LogP contribution is 2.29. The van der Waals surface area contributed by atoms with Crippen LogP contribution in [0.25, 0.3) is 0 Å². The second-order valence-corrected chi connectivity index (χ2v) is 5.83. The average Bonchev–Trinajstić information content (AvgIpc) is 2.74. The second kappa shape index (κ2) is 7.06. The van der Waals surface area contributed by atoms with Gasteiger partial charge in [0.1, 0.15) is 0 Å². The van der Waals surface area contributed by atoms with Gasteiger partial charge in [-0.2, -0.15) is 0 Å². The van der Waals surface area contributed by atoms with Gasteiger partial charge in [-0.25, -0.2) is 0 Å². The van der Waals surface area contributed by atoms with Crippen LogP contribution in [0, 0.1) is 0 Å². The number of hydrogen-bond donors (Lipinski definition) is 2. The van der Waals surface area contributed by atoms with Crippen molar-refractivity contribution in [1.82, 2.24) is 15.5 Å². The molecule has 2 bridgehead atoms. The molecule has 0 spiro atoms. The molecule has 4 nitrogen and oxygen atoms in total. The van der Waals surface area contributed by atoms with Crippen LogP contribution in [0.1, 0.15) is 39.0 Å². The molecule has 2 aliphatic rings. The van der Waals surface area contributed by atoms with E-state index in [1.807, 2.05) is 0 Å². The molecule has 0 aliphatic carbocycles. The SMILES string of the molecule is C=CCNC(=O)CN(CCC)C1CC2CCC(C1)N2. The summed E-state index contributed by atoms with van der Waals surface area (Å²) in [6.45, 7) is 7.93. The van der Waals surface area contributed by atoms with E-state index < -0.39 is 0 Å². The Kier molecular flexibility index (Phi) is 5.40. The van der Waals surface area contributed by atoms with Gasteiger partial charge in [-0.05, 0) is 38.6 Å². The molecule has 2 heterocycles. The number of fused-ring (bicyclic) bond motifs is 2. The fourth-order valence-electron chi connectivity index (χ4n) is 3.43. The van der Waals surface area contributed by atoms with Crippen LogP contribution in [0.5, 0.6) is 0 Å². The lowest BCUT2D eigenvalue weighted by Gasteiger charge is -2.37. The lowest BCUT2D eigenvalue weighted by atomic mass is 9.98. The average molecular weight is 265 g/mol. The van der Waals surface area contributed by atoms with E-state index >= 15 is 0 Å². The van der Waals surface area contributed by atoms with Crippen molar-refractivity contribution in [2.24, 2.45) is 0 Å². The number of rotatable bonds is 7. The minimum absolute atomic E-state index is 0.124. The van der Waals surface area contributed by atoms with Crippen molar-refractivity contribution in [3.05, 3.63) is 12.7 Å². The largest absolute Gasteiger partial charge is 0.352 e. The third kappa shape index (κ3) is 4.05. The molecule has 0 saturated carbocycles. The van der Waals surface area contributed by atoms with E-state index in [1.165, 1.54) is 25.7 Å². The molecule has 2 aliphatic heterocycles. The molecule has 4 heteroatoms. The van der Waals surface area contributed by atoms with Crippen LogP contribution < -0.4 is 10.6 Å². The Morgan fingerprint density at radius 2 is 2.11 bits per heavy atom. The van der Waals surface area contributed by atoms with Crippen LogP contribution in [0.4, 0.5) is 0 Å². The molecule has 0 aromatic heterocycles. The summed E-state index contributed by atoms with van der Waals surface area (Å²) in [6, 6.07) is 1.94. The zero-order valence-corrected chi connectivity index (χ0v) is 12.0. The fourth-order valence-corrected chi connectivity index (χ4v) is 3.43. The number of nitrogens with zero attached hydrogens (tertiary/aromatic N) is 1. The molecular weight excluding hydrogens is 238 g/mol. The maximum Gasteiger partial charge on any atom is 0.234 e. The van der Waals surface area contributed by atoms with Gasteiger partial charge in [-0.15, -0.1) is 6.58 Å². The monoisotopic (exact) mass is 265 g/mol. The van der Waals surface area contributed by atoms with Gasteiger partial charge in [0, 0.05) is 24.7 Å². The third-order valence-corrected chi connectivity index (χ3v) is 4.27. The second-order valence-electron chi connectivity index (χ2n) is 5.83. The molecule has 2 atom stereocenters. The van der Waals surface area contributed by atoms with E-state index in [9.17, 15) is 4.79 Å². The molecule has 2 saturated heterocycles. The molecular formula is C15H27N3O. The summed E-state index contributed by atoms with van der Waals surface area (Å²) in [7, 11) is 0. The molecule has 108 valence electrons. The van der Waals surface area contributed by atoms with Crippen LogP contribution in [0.2, 0.25) is 0 Å². The van der Waals surface area contributed by atoms with Crippen molar-refractivity contribution < 1.29 is 4.79 Å². The normalized spacial score (nSPS) is 29.5. The quantitative estimate of drug-likeness (QED) is 0.682. The minimum atomic E-state index is 0.124. The zero-order chi connectivity index (χ0) is 13.7. The third-order valence-electron chi connectivity index (χ3n) is 4.27. The Morgan fingerprint density at radius 3 is 2.68 bits per heavy atom. The Bertz CT molecular complexity index is 307. The van der Waals surface area contributed by atoms with Crippen molar-refractivity contribution in [3.8, 4) is 0 Å². The topological polar surface area (TPSA) is 44.4 Å². The molecule has 2 unspecified atom stereocenters. The maximum absolute atomic E-state index is 11.9. The van der Waals surface area contributed by atoms with Crippen molar-refractivity contribution in [3.63, 3.8) is 0 Å². The van der Waals surface area contributed by atoms with E-state index in [0.29, 0.717) is 31.2 Å². The van der Waals surface area contributed by atoms with Crippen LogP contribution in [-0.2, 0) is 4.79 Å². The molecule has 2 fully saturated rings. The standard InChI is InChI=1S/C15H27N3O/c1-3-7-16-15(19)11-18(8-4-2)14-9-12-5-6-13(10-14)17-12/h3,12-14,17H,1,4-11H2,2H3,(H,16,19). The summed E-state index contributed by atoms with van der Waals surface area (Å²) >= 11 is 0. The fraction of sp³-hybridized carbons (Fsp3) is 0.800. The van der Waals surface area contributed by atoms with Gasteiger partial charge in [0.2, 0.25) is 5.91 Å². The van der Waals surface area contributed by atoms with E-state index in [2.05, 4.69) is 29.0 Å². The number of hydrogen-bond acceptors (Lipinski definition) is 3. The van der Waals surface area contributed by atoms with Crippen molar-refractivity contribution in [1.29, 1.82) is 0 Å². The van der Waals surface area contributed by atoms with E-state index in [1.54, 1.807) is 6.08 Å². The molecule has 19 heavy (non-hydrogen) atoms. The van der Waals surface area contributed by atoms with Crippen LogP contribution in [0.15, 0.2) is 12.7 Å². The van der Waals surface area contributed by atoms with Crippen LogP contribution in [0.3, 0.4) is 0 Å². The first kappa shape index (κ1) is 14.5. The summed E-state index contributed by atoms with van der Waals surface area (Å²) in [6.07, 6.45) is 7.85. The molecule has 2 N–H and O–H groups in total. The lowest BCUT2D eigenvalue weighted by Crippen LogP contribution is -2.51. The van der Waals surface area contributed by atoms with E-state index in [0.717, 1.165) is 13.0 Å². The first-order valence-corrected chi connectivity index (χ1v) is 7.60. The van der Waals surface area contributed by atoms with Gasteiger partial charge >= 0.3 is 0 Å². The Hall–Kier alpha value is -0.870.